The van der Waals surface area contributed by atoms with Crippen molar-refractivity contribution in [3.8, 4) is 0 Å². The second kappa shape index (κ2) is 5.19. The molecule has 1 aliphatic heterocycles. The number of hydrogen-bond acceptors (Lipinski definition) is 3. The Balaban J connectivity index is 2.74. The van der Waals surface area contributed by atoms with Gasteiger partial charge in [-0.15, -0.1) is 0 Å². The van der Waals surface area contributed by atoms with Gasteiger partial charge in [-0.3, -0.25) is 0 Å². The molecule has 3 nitrogen and oxygen atoms in total. The van der Waals surface area contributed by atoms with Gasteiger partial charge in [-0.05, 0) is 19.3 Å². The lowest BCUT2D eigenvalue weighted by Gasteiger charge is -2.35. The third-order valence-corrected chi connectivity index (χ3v) is 2.98. The van der Waals surface area contributed by atoms with Crippen molar-refractivity contribution in [3.05, 3.63) is 11.8 Å². The third-order valence-electron chi connectivity index (χ3n) is 2.98. The van der Waals surface area contributed by atoms with Crippen molar-refractivity contribution >= 4 is 5.97 Å². The number of rotatable bonds is 5. The van der Waals surface area contributed by atoms with Gasteiger partial charge in [0.25, 0.3) is 0 Å². The van der Waals surface area contributed by atoms with Crippen LogP contribution in [0.4, 0.5) is 0 Å². The molecule has 0 spiro atoms. The van der Waals surface area contributed by atoms with Crippen LogP contribution in [-0.2, 0) is 14.3 Å². The maximum Gasteiger partial charge on any atom is 0.334 e. The molecule has 86 valence electrons. The average Bonchev–Trinajstić information content (AvgIpc) is 2.25. The Morgan fingerprint density at radius 1 is 1.53 bits per heavy atom. The molecule has 1 unspecified atom stereocenters. The molecule has 0 fully saturated rings. The molecule has 1 atom stereocenters. The van der Waals surface area contributed by atoms with Crippen molar-refractivity contribution in [1.82, 2.24) is 0 Å². The maximum absolute atomic E-state index is 11.4. The molecule has 1 rings (SSSR count). The Bertz CT molecular complexity index is 258. The summed E-state index contributed by atoms with van der Waals surface area (Å²) >= 11 is 0. The summed E-state index contributed by atoms with van der Waals surface area (Å²) in [5.41, 5.74) is -0.326. The van der Waals surface area contributed by atoms with Gasteiger partial charge in [0.05, 0.1) is 13.2 Å². The normalized spacial score (nSPS) is 25.8. The van der Waals surface area contributed by atoms with E-state index in [0.29, 0.717) is 6.42 Å². The molecular formula is C12H20O3. The number of unbranched alkanes of at least 4 members (excludes halogenated alkanes) is 1. The fourth-order valence-corrected chi connectivity index (χ4v) is 1.92. The van der Waals surface area contributed by atoms with E-state index in [-0.39, 0.29) is 11.6 Å². The van der Waals surface area contributed by atoms with Crippen molar-refractivity contribution in [2.24, 2.45) is 0 Å². The van der Waals surface area contributed by atoms with Gasteiger partial charge in [-0.2, -0.15) is 0 Å². The molecular weight excluding hydrogens is 192 g/mol. The van der Waals surface area contributed by atoms with Gasteiger partial charge in [0.2, 0.25) is 0 Å². The van der Waals surface area contributed by atoms with E-state index in [1.807, 2.05) is 0 Å². The van der Waals surface area contributed by atoms with Crippen LogP contribution in [0.2, 0.25) is 0 Å². The lowest BCUT2D eigenvalue weighted by Crippen LogP contribution is -2.37. The van der Waals surface area contributed by atoms with Crippen molar-refractivity contribution in [1.29, 1.82) is 0 Å². The number of esters is 1. The summed E-state index contributed by atoms with van der Waals surface area (Å²) in [5.74, 6) is 0.472. The third kappa shape index (κ3) is 2.98. The van der Waals surface area contributed by atoms with Gasteiger partial charge in [0, 0.05) is 6.42 Å². The van der Waals surface area contributed by atoms with E-state index in [9.17, 15) is 4.79 Å². The van der Waals surface area contributed by atoms with E-state index in [1.165, 1.54) is 6.08 Å². The van der Waals surface area contributed by atoms with Crippen LogP contribution in [0.1, 0.15) is 46.0 Å². The lowest BCUT2D eigenvalue weighted by atomic mass is 9.87. The molecule has 0 aromatic carbocycles. The molecule has 0 saturated heterocycles. The first-order valence-corrected chi connectivity index (χ1v) is 5.63. The Morgan fingerprint density at radius 2 is 2.27 bits per heavy atom. The van der Waals surface area contributed by atoms with Gasteiger partial charge in [-0.1, -0.05) is 20.3 Å². The molecule has 0 amide bonds. The molecule has 0 aromatic heterocycles. The predicted octanol–water partition coefficient (Wildman–Crippen LogP) is 2.80. The van der Waals surface area contributed by atoms with Crippen LogP contribution < -0.4 is 0 Å². The molecule has 0 saturated carbocycles. The van der Waals surface area contributed by atoms with Crippen LogP contribution in [0.3, 0.4) is 0 Å². The summed E-state index contributed by atoms with van der Waals surface area (Å²) in [6.45, 7) is 4.20. The van der Waals surface area contributed by atoms with Gasteiger partial charge in [0.15, 0.2) is 0 Å². The highest BCUT2D eigenvalue weighted by atomic mass is 16.6. The molecule has 0 N–H and O–H groups in total. The highest BCUT2D eigenvalue weighted by molar-refractivity contribution is 5.83. The van der Waals surface area contributed by atoms with Crippen LogP contribution >= 0.6 is 0 Å². The summed E-state index contributed by atoms with van der Waals surface area (Å²) in [5, 5.41) is 0. The zero-order valence-electron chi connectivity index (χ0n) is 9.84. The summed E-state index contributed by atoms with van der Waals surface area (Å²) in [4.78, 5) is 11.4. The first-order chi connectivity index (χ1) is 7.15. The van der Waals surface area contributed by atoms with Gasteiger partial charge in [-0.25, -0.2) is 4.79 Å². The van der Waals surface area contributed by atoms with E-state index in [2.05, 4.69) is 13.8 Å². The average molecular weight is 212 g/mol. The minimum absolute atomic E-state index is 0.268. The van der Waals surface area contributed by atoms with Crippen LogP contribution in [0.25, 0.3) is 0 Å². The number of carbonyl (C=O) groups excluding carboxylic acids is 1. The van der Waals surface area contributed by atoms with Gasteiger partial charge in [0.1, 0.15) is 11.4 Å². The van der Waals surface area contributed by atoms with E-state index >= 15 is 0 Å². The molecule has 3 heteroatoms. The lowest BCUT2D eigenvalue weighted by molar-refractivity contribution is -0.158. The molecule has 0 radical (unpaired) electrons. The molecule has 1 heterocycles. The Hall–Kier alpha value is -0.990. The molecule has 15 heavy (non-hydrogen) atoms. The maximum atomic E-state index is 11.4. The number of hydrogen-bond donors (Lipinski definition) is 0. The Morgan fingerprint density at radius 3 is 2.80 bits per heavy atom. The van der Waals surface area contributed by atoms with Crippen LogP contribution in [0, 0.1) is 0 Å². The van der Waals surface area contributed by atoms with E-state index in [1.54, 1.807) is 7.11 Å². The predicted molar refractivity (Wildman–Crippen MR) is 58.3 cm³/mol. The van der Waals surface area contributed by atoms with Gasteiger partial charge >= 0.3 is 5.97 Å². The summed E-state index contributed by atoms with van der Waals surface area (Å²) in [7, 11) is 1.60. The second-order valence-electron chi connectivity index (χ2n) is 4.05. The quantitative estimate of drug-likeness (QED) is 0.657. The smallest absolute Gasteiger partial charge is 0.334 e. The fourth-order valence-electron chi connectivity index (χ4n) is 1.92. The first-order valence-electron chi connectivity index (χ1n) is 5.63. The highest BCUT2D eigenvalue weighted by Crippen LogP contribution is 2.34. The Kier molecular flexibility index (Phi) is 4.18. The Labute approximate surface area is 91.4 Å². The summed E-state index contributed by atoms with van der Waals surface area (Å²) < 4.78 is 10.6. The highest BCUT2D eigenvalue weighted by Gasteiger charge is 2.36. The standard InChI is InChI=1S/C12H20O3/c1-4-6-7-12(5-2)9-10(14-3)8-11(13)15-12/h8H,4-7,9H2,1-3H3. The molecule has 0 bridgehead atoms. The van der Waals surface area contributed by atoms with Crippen LogP contribution in [0.5, 0.6) is 0 Å². The first kappa shape index (κ1) is 12.1. The minimum Gasteiger partial charge on any atom is -0.501 e. The van der Waals surface area contributed by atoms with Gasteiger partial charge < -0.3 is 9.47 Å². The van der Waals surface area contributed by atoms with E-state index in [4.69, 9.17) is 9.47 Å². The second-order valence-corrected chi connectivity index (χ2v) is 4.05. The SMILES string of the molecule is CCCCC1(CC)CC(OC)=CC(=O)O1. The number of carbonyl (C=O) groups is 1. The number of ether oxygens (including phenoxy) is 2. The topological polar surface area (TPSA) is 35.5 Å². The summed E-state index contributed by atoms with van der Waals surface area (Å²) in [6.07, 6.45) is 6.13. The van der Waals surface area contributed by atoms with E-state index in [0.717, 1.165) is 31.4 Å². The van der Waals surface area contributed by atoms with Crippen LogP contribution in [-0.4, -0.2) is 18.7 Å². The van der Waals surface area contributed by atoms with E-state index < -0.39 is 0 Å². The molecule has 0 aliphatic carbocycles. The largest absolute Gasteiger partial charge is 0.501 e. The number of methoxy groups -OCH3 is 1. The molecule has 1 aliphatic rings. The number of cyclic esters (lactones) is 1. The van der Waals surface area contributed by atoms with Crippen LogP contribution in [0.15, 0.2) is 11.8 Å². The molecule has 0 aromatic rings. The van der Waals surface area contributed by atoms with Crippen molar-refractivity contribution < 1.29 is 14.3 Å². The zero-order chi connectivity index (χ0) is 11.3. The van der Waals surface area contributed by atoms with Crippen molar-refractivity contribution in [2.75, 3.05) is 7.11 Å². The minimum atomic E-state index is -0.326. The zero-order valence-corrected chi connectivity index (χ0v) is 9.84. The van der Waals surface area contributed by atoms with Crippen molar-refractivity contribution in [2.45, 2.75) is 51.6 Å². The summed E-state index contributed by atoms with van der Waals surface area (Å²) in [6, 6.07) is 0. The monoisotopic (exact) mass is 212 g/mol. The van der Waals surface area contributed by atoms with Crippen molar-refractivity contribution in [3.63, 3.8) is 0 Å². The fraction of sp³-hybridized carbons (Fsp3) is 0.750.